The van der Waals surface area contributed by atoms with E-state index in [2.05, 4.69) is 25.4 Å². The number of aromatic nitrogens is 10. The number of alkyl carbamates (subject to hydrolysis) is 2. The molecular weight excluding hydrogens is 961 g/mol. The minimum atomic E-state index is -0.714. The second-order valence-corrected chi connectivity index (χ2v) is 23.2. The van der Waals surface area contributed by atoms with Gasteiger partial charge in [-0.05, 0) is 139 Å². The third-order valence-electron chi connectivity index (χ3n) is 14.3. The van der Waals surface area contributed by atoms with E-state index in [1.54, 1.807) is 14.1 Å². The van der Waals surface area contributed by atoms with Crippen molar-refractivity contribution in [3.8, 4) is 0 Å². The second kappa shape index (κ2) is 21.3. The van der Waals surface area contributed by atoms with E-state index in [0.717, 1.165) is 60.2 Å². The molecule has 22 heteroatoms. The van der Waals surface area contributed by atoms with Crippen molar-refractivity contribution < 1.29 is 19.1 Å². The SMILES string of the molecule is CC(C)=CCn1c(N2CCC(CC3CCc4nc(Cn5c(=O)c6c(nc(N7CCC[C@@H](NC(=O)OC(C)(C)C)C7)n6CC=C(C)C)n(C)c5=O)nc(C)c4C3)[C@@H](NC(=O)OC(C)(C)C)C2)nc2c1c(=O)[nH]c(=O)n2C. The van der Waals surface area contributed by atoms with Gasteiger partial charge in [-0.3, -0.25) is 28.3 Å². The fourth-order valence-electron chi connectivity index (χ4n) is 10.7. The van der Waals surface area contributed by atoms with E-state index in [1.165, 1.54) is 13.7 Å². The molecule has 0 saturated carbocycles. The Bertz CT molecular complexity index is 3310. The van der Waals surface area contributed by atoms with Crippen LogP contribution in [0.5, 0.6) is 0 Å². The lowest BCUT2D eigenvalue weighted by atomic mass is 9.76. The highest BCUT2D eigenvalue weighted by molar-refractivity contribution is 5.76. The molecular formula is C53H76N14O8. The largest absolute Gasteiger partial charge is 0.444 e. The number of ether oxygens (including phenoxy) is 2. The maximum absolute atomic E-state index is 14.7. The average molecular weight is 1040 g/mol. The number of fused-ring (bicyclic) bond motifs is 3. The summed E-state index contributed by atoms with van der Waals surface area (Å²) in [6.07, 6.45) is 8.30. The second-order valence-electron chi connectivity index (χ2n) is 23.2. The number of carbonyl (C=O) groups is 2. The molecule has 3 N–H and O–H groups in total. The first-order valence-electron chi connectivity index (χ1n) is 26.3. The summed E-state index contributed by atoms with van der Waals surface area (Å²) in [6, 6.07) is -0.544. The van der Waals surface area contributed by atoms with E-state index in [-0.39, 0.29) is 41.8 Å². The Morgan fingerprint density at radius 1 is 0.733 bits per heavy atom. The molecule has 2 fully saturated rings. The van der Waals surface area contributed by atoms with Crippen LogP contribution in [0.2, 0.25) is 0 Å². The molecule has 5 aromatic heterocycles. The minimum Gasteiger partial charge on any atom is -0.444 e. The van der Waals surface area contributed by atoms with Crippen LogP contribution in [-0.4, -0.2) is 109 Å². The molecule has 8 rings (SSSR count). The van der Waals surface area contributed by atoms with Crippen molar-refractivity contribution >= 4 is 46.4 Å². The summed E-state index contributed by atoms with van der Waals surface area (Å²) in [5.74, 6) is 1.77. The van der Waals surface area contributed by atoms with Crippen molar-refractivity contribution in [1.29, 1.82) is 0 Å². The quantitative estimate of drug-likeness (QED) is 0.138. The third kappa shape index (κ3) is 12.1. The molecule has 2 aliphatic heterocycles. The first kappa shape index (κ1) is 54.3. The zero-order valence-corrected chi connectivity index (χ0v) is 46.0. The summed E-state index contributed by atoms with van der Waals surface area (Å²) in [5.41, 5.74) is 2.57. The zero-order chi connectivity index (χ0) is 54.4. The molecule has 406 valence electrons. The molecule has 7 heterocycles. The van der Waals surface area contributed by atoms with E-state index in [0.29, 0.717) is 80.9 Å². The number of piperidine rings is 2. The van der Waals surface area contributed by atoms with Crippen LogP contribution in [0.4, 0.5) is 21.5 Å². The number of allylic oxidation sites excluding steroid dienone is 4. The fraction of sp³-hybridized carbons (Fsp3) is 0.623. The van der Waals surface area contributed by atoms with Crippen LogP contribution in [0, 0.1) is 18.8 Å². The molecule has 0 radical (unpaired) electrons. The average Bonchev–Trinajstić information content (AvgIpc) is 3.90. The maximum Gasteiger partial charge on any atom is 0.407 e. The van der Waals surface area contributed by atoms with E-state index in [1.807, 2.05) is 97.4 Å². The Morgan fingerprint density at radius 2 is 1.33 bits per heavy atom. The van der Waals surface area contributed by atoms with E-state index >= 15 is 0 Å². The summed E-state index contributed by atoms with van der Waals surface area (Å²) in [7, 11) is 3.21. The number of rotatable bonds is 12. The molecule has 4 atom stereocenters. The molecule has 5 aromatic rings. The van der Waals surface area contributed by atoms with Crippen molar-refractivity contribution in [2.45, 2.75) is 164 Å². The molecule has 22 nitrogen and oxygen atoms in total. The van der Waals surface area contributed by atoms with Gasteiger partial charge in [-0.15, -0.1) is 0 Å². The first-order valence-corrected chi connectivity index (χ1v) is 26.3. The predicted molar refractivity (Wildman–Crippen MR) is 288 cm³/mol. The molecule has 3 aliphatic rings. The lowest BCUT2D eigenvalue weighted by Gasteiger charge is -2.41. The lowest BCUT2D eigenvalue weighted by molar-refractivity contribution is 0.0468. The molecule has 2 unspecified atom stereocenters. The zero-order valence-electron chi connectivity index (χ0n) is 46.0. The van der Waals surface area contributed by atoms with Crippen LogP contribution in [0.1, 0.15) is 124 Å². The van der Waals surface area contributed by atoms with Crippen molar-refractivity contribution in [3.05, 3.63) is 87.8 Å². The minimum absolute atomic E-state index is 0.0677. The number of hydrogen-bond donors (Lipinski definition) is 3. The summed E-state index contributed by atoms with van der Waals surface area (Å²) < 4.78 is 19.0. The molecule has 1 aliphatic carbocycles. The van der Waals surface area contributed by atoms with E-state index in [4.69, 9.17) is 29.4 Å². The number of imidazole rings is 2. The van der Waals surface area contributed by atoms with Gasteiger partial charge in [0.05, 0.1) is 12.6 Å². The lowest BCUT2D eigenvalue weighted by Crippen LogP contribution is -2.54. The number of nitrogens with one attached hydrogen (secondary N) is 3. The third-order valence-corrected chi connectivity index (χ3v) is 14.3. The van der Waals surface area contributed by atoms with Crippen LogP contribution in [0.15, 0.2) is 42.5 Å². The van der Waals surface area contributed by atoms with Crippen molar-refractivity contribution in [3.63, 3.8) is 0 Å². The number of nitrogens with zero attached hydrogens (tertiary/aromatic N) is 11. The number of aromatic amines is 1. The number of anilines is 2. The number of carbonyl (C=O) groups excluding carboxylic acids is 2. The molecule has 0 spiro atoms. The van der Waals surface area contributed by atoms with Crippen molar-refractivity contribution in [2.24, 2.45) is 25.9 Å². The van der Waals surface area contributed by atoms with Crippen LogP contribution in [0.25, 0.3) is 22.3 Å². The highest BCUT2D eigenvalue weighted by Gasteiger charge is 2.37. The van der Waals surface area contributed by atoms with Crippen LogP contribution in [-0.2, 0) is 56.0 Å². The Morgan fingerprint density at radius 3 is 1.96 bits per heavy atom. The van der Waals surface area contributed by atoms with E-state index < -0.39 is 45.9 Å². The van der Waals surface area contributed by atoms with E-state index in [9.17, 15) is 28.8 Å². The molecule has 0 bridgehead atoms. The smallest absolute Gasteiger partial charge is 0.407 e. The van der Waals surface area contributed by atoms with Gasteiger partial charge in [0, 0.05) is 70.8 Å². The van der Waals surface area contributed by atoms with Gasteiger partial charge in [-0.25, -0.2) is 29.1 Å². The summed E-state index contributed by atoms with van der Waals surface area (Å²) in [4.78, 5) is 107. The maximum atomic E-state index is 14.7. The molecule has 2 amide bonds. The molecule has 2 saturated heterocycles. The summed E-state index contributed by atoms with van der Waals surface area (Å²) in [5, 5.41) is 6.20. The van der Waals surface area contributed by atoms with Gasteiger partial charge in [0.1, 0.15) is 17.0 Å². The highest BCUT2D eigenvalue weighted by Crippen LogP contribution is 2.35. The summed E-state index contributed by atoms with van der Waals surface area (Å²) >= 11 is 0. The van der Waals surface area contributed by atoms with Crippen LogP contribution in [0.3, 0.4) is 0 Å². The molecule has 0 aromatic carbocycles. The van der Waals surface area contributed by atoms with Crippen molar-refractivity contribution in [1.82, 2.24) is 58.4 Å². The van der Waals surface area contributed by atoms with Gasteiger partial charge >= 0.3 is 23.6 Å². The summed E-state index contributed by atoms with van der Waals surface area (Å²) in [6.45, 7) is 23.5. The number of aryl methyl sites for hydroxylation is 4. The van der Waals surface area contributed by atoms with Gasteiger partial charge in [-0.1, -0.05) is 23.3 Å². The predicted octanol–water partition coefficient (Wildman–Crippen LogP) is 5.12. The van der Waals surface area contributed by atoms with Crippen LogP contribution >= 0.6 is 0 Å². The standard InChI is InChI=1S/C53H76N14O8/c1-30(2)18-23-65-40-42(61(12)48(70)60-44(40)68)58-47(65)64-22-20-34(38(28-64)57-50(72)75-53(9,10)11)25-33-16-17-37-36(26-33)32(5)54-39(56-37)29-67-45(69)41-43(62(13)51(67)73)59-46(66(41)24-19-31(3)4)63-21-14-15-35(27-63)55-49(71)74-52(6,7)8/h18-19,33-35,38H,14-17,20-29H2,1-13H3,(H,55,71)(H,57,72)(H,60,68,70)/t33?,34?,35-,38+/m1/s1. The number of hydrogen-bond acceptors (Lipinski definition) is 14. The van der Waals surface area contributed by atoms with Crippen molar-refractivity contribution in [2.75, 3.05) is 36.0 Å². The van der Waals surface area contributed by atoms with Gasteiger partial charge in [0.2, 0.25) is 11.9 Å². The normalized spacial score (nSPS) is 19.2. The van der Waals surface area contributed by atoms with Gasteiger partial charge in [-0.2, -0.15) is 9.97 Å². The monoisotopic (exact) mass is 1040 g/mol. The topological polar surface area (TPSA) is 243 Å². The van der Waals surface area contributed by atoms with Gasteiger partial charge in [0.15, 0.2) is 22.3 Å². The fourth-order valence-corrected chi connectivity index (χ4v) is 10.7. The highest BCUT2D eigenvalue weighted by atomic mass is 16.6. The Balaban J connectivity index is 1.04. The van der Waals surface area contributed by atoms with Gasteiger partial charge < -0.3 is 39.0 Å². The Hall–Kier alpha value is -7.00. The Kier molecular flexibility index (Phi) is 15.4. The first-order chi connectivity index (χ1) is 35.2. The number of H-pyrrole nitrogens is 1. The molecule has 75 heavy (non-hydrogen) atoms. The Labute approximate surface area is 436 Å². The van der Waals surface area contributed by atoms with Gasteiger partial charge in [0.25, 0.3) is 11.1 Å². The number of amides is 2. The van der Waals surface area contributed by atoms with Crippen LogP contribution < -0.4 is 42.9 Å².